The summed E-state index contributed by atoms with van der Waals surface area (Å²) >= 11 is 0. The van der Waals surface area contributed by atoms with Gasteiger partial charge in [-0.05, 0) is 54.5 Å². The van der Waals surface area contributed by atoms with Crippen LogP contribution in [0.3, 0.4) is 0 Å². The number of likely N-dealkylation sites (tertiary alicyclic amines) is 1. The largest absolute Gasteiger partial charge is 0.355 e. The fourth-order valence-electron chi connectivity index (χ4n) is 4.78. The van der Waals surface area contributed by atoms with Gasteiger partial charge in [0, 0.05) is 31.6 Å². The third-order valence-electron chi connectivity index (χ3n) is 6.41. The van der Waals surface area contributed by atoms with Gasteiger partial charge in [0.1, 0.15) is 0 Å². The van der Waals surface area contributed by atoms with Crippen molar-refractivity contribution in [2.45, 2.75) is 38.5 Å². The maximum Gasteiger partial charge on any atom is 0.224 e. The molecule has 0 unspecified atom stereocenters. The molecular weight excluding hydrogens is 372 g/mol. The quantitative estimate of drug-likeness (QED) is 0.758. The van der Waals surface area contributed by atoms with Crippen molar-refractivity contribution in [2.24, 2.45) is 0 Å². The fraction of sp³-hybridized carbons (Fsp3) is 0.385. The van der Waals surface area contributed by atoms with Crippen LogP contribution in [-0.4, -0.2) is 42.8 Å². The molecule has 1 fully saturated rings. The average molecular weight is 403 g/mol. The molecule has 4 nitrogen and oxygen atoms in total. The monoisotopic (exact) mass is 402 g/mol. The van der Waals surface area contributed by atoms with Crippen LogP contribution >= 0.6 is 0 Å². The summed E-state index contributed by atoms with van der Waals surface area (Å²) in [7, 11) is 0. The van der Waals surface area contributed by atoms with Crippen molar-refractivity contribution >= 4 is 17.3 Å². The predicted molar refractivity (Wildman–Crippen MR) is 120 cm³/mol. The second kappa shape index (κ2) is 9.40. The number of allylic oxidation sites excluding steroid dienone is 1. The first-order valence-corrected chi connectivity index (χ1v) is 11.0. The molecule has 0 saturated carbocycles. The lowest BCUT2D eigenvalue weighted by molar-refractivity contribution is -0.122. The van der Waals surface area contributed by atoms with Gasteiger partial charge in [-0.15, -0.1) is 0 Å². The lowest BCUT2D eigenvalue weighted by Gasteiger charge is -2.17. The van der Waals surface area contributed by atoms with E-state index < -0.39 is 0 Å². The van der Waals surface area contributed by atoms with Gasteiger partial charge in [0.25, 0.3) is 0 Å². The molecule has 1 saturated heterocycles. The number of amides is 1. The van der Waals surface area contributed by atoms with Crippen molar-refractivity contribution in [1.29, 1.82) is 0 Å². The Kier molecular flexibility index (Phi) is 6.44. The molecule has 0 radical (unpaired) electrons. The highest BCUT2D eigenvalue weighted by molar-refractivity contribution is 6.10. The molecule has 4 rings (SSSR count). The fourth-order valence-corrected chi connectivity index (χ4v) is 4.78. The molecule has 1 aliphatic heterocycles. The standard InChI is InChI=1S/C26H30N2O2/c1-19-7-5-6-10-22(19)21-13-15-28(18-21)16-14-27-26(30)17-24-23(11-12-25(24)29)20-8-3-2-4-9-20/h2-10,21H,11-18H2,1H3,(H,27,30)/t21-/m0/s1. The Morgan fingerprint density at radius 1 is 1.07 bits per heavy atom. The van der Waals surface area contributed by atoms with Gasteiger partial charge in [0.15, 0.2) is 5.78 Å². The molecule has 2 aromatic rings. The van der Waals surface area contributed by atoms with Crippen molar-refractivity contribution in [2.75, 3.05) is 26.2 Å². The normalized spacial score (nSPS) is 19.5. The zero-order valence-electron chi connectivity index (χ0n) is 17.7. The average Bonchev–Trinajstić information content (AvgIpc) is 3.36. The number of rotatable bonds is 7. The van der Waals surface area contributed by atoms with E-state index in [-0.39, 0.29) is 18.1 Å². The van der Waals surface area contributed by atoms with E-state index in [1.807, 2.05) is 30.3 Å². The Labute approximate surface area is 179 Å². The summed E-state index contributed by atoms with van der Waals surface area (Å²) in [6.07, 6.45) is 2.61. The number of nitrogens with one attached hydrogen (secondary N) is 1. The second-order valence-corrected chi connectivity index (χ2v) is 8.42. The highest BCUT2D eigenvalue weighted by Crippen LogP contribution is 2.33. The van der Waals surface area contributed by atoms with Gasteiger partial charge in [-0.2, -0.15) is 0 Å². The summed E-state index contributed by atoms with van der Waals surface area (Å²) in [5.74, 6) is 0.643. The summed E-state index contributed by atoms with van der Waals surface area (Å²) in [4.78, 5) is 27.3. The Hall–Kier alpha value is -2.72. The van der Waals surface area contributed by atoms with Gasteiger partial charge in [0.05, 0.1) is 6.42 Å². The number of Topliss-reactive ketones (excluding diaryl/α,β-unsaturated/α-hetero) is 1. The third kappa shape index (κ3) is 4.71. The zero-order valence-corrected chi connectivity index (χ0v) is 17.7. The van der Waals surface area contributed by atoms with Gasteiger partial charge in [-0.3, -0.25) is 9.59 Å². The molecular formula is C26H30N2O2. The van der Waals surface area contributed by atoms with Crippen LogP contribution in [0, 0.1) is 6.92 Å². The molecule has 0 bridgehead atoms. The van der Waals surface area contributed by atoms with E-state index in [1.54, 1.807) is 0 Å². The van der Waals surface area contributed by atoms with Gasteiger partial charge in [0.2, 0.25) is 5.91 Å². The molecule has 0 spiro atoms. The summed E-state index contributed by atoms with van der Waals surface area (Å²) in [6, 6.07) is 18.6. The van der Waals surface area contributed by atoms with Gasteiger partial charge in [-0.1, -0.05) is 54.6 Å². The topological polar surface area (TPSA) is 49.4 Å². The van der Waals surface area contributed by atoms with Gasteiger partial charge in [-0.25, -0.2) is 0 Å². The summed E-state index contributed by atoms with van der Waals surface area (Å²) < 4.78 is 0. The number of ketones is 1. The summed E-state index contributed by atoms with van der Waals surface area (Å²) in [5, 5.41) is 3.03. The molecule has 156 valence electrons. The minimum atomic E-state index is -0.0525. The van der Waals surface area contributed by atoms with E-state index in [2.05, 4.69) is 41.4 Å². The number of nitrogens with zero attached hydrogens (tertiary/aromatic N) is 1. The lowest BCUT2D eigenvalue weighted by Crippen LogP contribution is -2.34. The maximum atomic E-state index is 12.5. The van der Waals surface area contributed by atoms with Crippen LogP contribution in [0.2, 0.25) is 0 Å². The van der Waals surface area contributed by atoms with E-state index >= 15 is 0 Å². The van der Waals surface area contributed by atoms with Crippen LogP contribution in [0.5, 0.6) is 0 Å². The van der Waals surface area contributed by atoms with Crippen molar-refractivity contribution in [1.82, 2.24) is 10.2 Å². The first kappa shape index (κ1) is 20.5. The molecule has 1 atom stereocenters. The van der Waals surface area contributed by atoms with Crippen LogP contribution in [-0.2, 0) is 9.59 Å². The van der Waals surface area contributed by atoms with Crippen LogP contribution < -0.4 is 5.32 Å². The SMILES string of the molecule is Cc1ccccc1[C@H]1CCN(CCNC(=O)CC2=C(c3ccccc3)CCC2=O)C1. The molecule has 0 aromatic heterocycles. The predicted octanol–water partition coefficient (Wildman–Crippen LogP) is 4.11. The molecule has 1 aliphatic carbocycles. The second-order valence-electron chi connectivity index (χ2n) is 8.42. The van der Waals surface area contributed by atoms with E-state index in [0.29, 0.717) is 24.5 Å². The Morgan fingerprint density at radius 2 is 1.83 bits per heavy atom. The van der Waals surface area contributed by atoms with E-state index in [0.717, 1.165) is 37.2 Å². The number of carbonyl (C=O) groups excluding carboxylic acids is 2. The highest BCUT2D eigenvalue weighted by Gasteiger charge is 2.26. The van der Waals surface area contributed by atoms with Gasteiger partial charge >= 0.3 is 0 Å². The Balaban J connectivity index is 1.27. The van der Waals surface area contributed by atoms with E-state index in [1.165, 1.54) is 17.5 Å². The molecule has 4 heteroatoms. The molecule has 2 aromatic carbocycles. The number of aryl methyl sites for hydroxylation is 1. The smallest absolute Gasteiger partial charge is 0.224 e. The molecule has 1 N–H and O–H groups in total. The van der Waals surface area contributed by atoms with Crippen LogP contribution in [0.4, 0.5) is 0 Å². The van der Waals surface area contributed by atoms with Gasteiger partial charge < -0.3 is 10.2 Å². The number of hydrogen-bond donors (Lipinski definition) is 1. The first-order valence-electron chi connectivity index (χ1n) is 11.0. The van der Waals surface area contributed by atoms with Crippen LogP contribution in [0.25, 0.3) is 5.57 Å². The van der Waals surface area contributed by atoms with Crippen molar-refractivity contribution in [3.8, 4) is 0 Å². The van der Waals surface area contributed by atoms with Crippen molar-refractivity contribution < 1.29 is 9.59 Å². The summed E-state index contributed by atoms with van der Waals surface area (Å²) in [6.45, 7) is 5.77. The number of hydrogen-bond acceptors (Lipinski definition) is 3. The molecule has 30 heavy (non-hydrogen) atoms. The Bertz CT molecular complexity index is 949. The molecule has 2 aliphatic rings. The molecule has 1 heterocycles. The van der Waals surface area contributed by atoms with E-state index in [9.17, 15) is 9.59 Å². The van der Waals surface area contributed by atoms with Crippen molar-refractivity contribution in [3.63, 3.8) is 0 Å². The minimum Gasteiger partial charge on any atom is -0.355 e. The van der Waals surface area contributed by atoms with Crippen LogP contribution in [0.15, 0.2) is 60.2 Å². The Morgan fingerprint density at radius 3 is 2.63 bits per heavy atom. The zero-order chi connectivity index (χ0) is 20.9. The minimum absolute atomic E-state index is 0.0525. The van der Waals surface area contributed by atoms with Crippen LogP contribution in [0.1, 0.15) is 48.3 Å². The number of carbonyl (C=O) groups is 2. The highest BCUT2D eigenvalue weighted by atomic mass is 16.2. The number of benzene rings is 2. The van der Waals surface area contributed by atoms with E-state index in [4.69, 9.17) is 0 Å². The van der Waals surface area contributed by atoms with Crippen molar-refractivity contribution in [3.05, 3.63) is 76.9 Å². The summed E-state index contributed by atoms with van der Waals surface area (Å²) in [5.41, 5.74) is 5.60. The first-order chi connectivity index (χ1) is 14.6. The lowest BCUT2D eigenvalue weighted by atomic mass is 9.94. The maximum absolute atomic E-state index is 12.5. The third-order valence-corrected chi connectivity index (χ3v) is 6.41. The molecule has 1 amide bonds.